The van der Waals surface area contributed by atoms with E-state index in [9.17, 15) is 0 Å². The highest BCUT2D eigenvalue weighted by molar-refractivity contribution is 4.73. The number of ether oxygens (including phenoxy) is 1. The van der Waals surface area contributed by atoms with E-state index in [1.807, 2.05) is 0 Å². The third kappa shape index (κ3) is 6.39. The first-order chi connectivity index (χ1) is 8.26. The van der Waals surface area contributed by atoms with Crippen LogP contribution in [-0.2, 0) is 4.74 Å². The maximum absolute atomic E-state index is 5.66. The van der Waals surface area contributed by atoms with Crippen LogP contribution >= 0.6 is 0 Å². The Kier molecular flexibility index (Phi) is 7.82. The molecule has 1 heterocycles. The number of piperidine rings is 1. The Hall–Kier alpha value is -0.120. The highest BCUT2D eigenvalue weighted by Crippen LogP contribution is 2.12. The molecule has 102 valence electrons. The largest absolute Gasteiger partial charge is 0.378 e. The third-order valence-electron chi connectivity index (χ3n) is 3.58. The highest BCUT2D eigenvalue weighted by atomic mass is 16.5. The zero-order valence-corrected chi connectivity index (χ0v) is 11.9. The normalized spacial score (nSPS) is 20.6. The Bertz CT molecular complexity index is 179. The molecule has 17 heavy (non-hydrogen) atoms. The van der Waals surface area contributed by atoms with Crippen LogP contribution in [-0.4, -0.2) is 49.8 Å². The molecule has 0 aromatic heterocycles. The van der Waals surface area contributed by atoms with Crippen molar-refractivity contribution >= 4 is 0 Å². The molecule has 3 heteroatoms. The molecule has 1 aliphatic heterocycles. The van der Waals surface area contributed by atoms with Gasteiger partial charge in [0.05, 0.1) is 6.10 Å². The van der Waals surface area contributed by atoms with Crippen molar-refractivity contribution in [3.8, 4) is 0 Å². The van der Waals surface area contributed by atoms with E-state index in [2.05, 4.69) is 31.0 Å². The molecule has 1 fully saturated rings. The smallest absolute Gasteiger partial charge is 0.0599 e. The summed E-state index contributed by atoms with van der Waals surface area (Å²) in [6.07, 6.45) is 5.49. The number of nitrogens with one attached hydrogen (secondary N) is 1. The highest BCUT2D eigenvalue weighted by Gasteiger charge is 2.18. The lowest BCUT2D eigenvalue weighted by molar-refractivity contribution is 0.0144. The Labute approximate surface area is 107 Å². The van der Waals surface area contributed by atoms with Gasteiger partial charge in [-0.05, 0) is 33.1 Å². The molecule has 0 spiro atoms. The quantitative estimate of drug-likeness (QED) is 0.706. The second kappa shape index (κ2) is 8.90. The number of nitrogens with zero attached hydrogens (tertiary/aromatic N) is 1. The number of likely N-dealkylation sites (tertiary alicyclic amines) is 1. The van der Waals surface area contributed by atoms with E-state index in [1.165, 1.54) is 45.3 Å². The van der Waals surface area contributed by atoms with Gasteiger partial charge in [-0.3, -0.25) is 0 Å². The molecule has 0 aromatic carbocycles. The summed E-state index contributed by atoms with van der Waals surface area (Å²) in [5, 5.41) is 3.59. The zero-order chi connectivity index (χ0) is 12.5. The van der Waals surface area contributed by atoms with Crippen LogP contribution in [0.25, 0.3) is 0 Å². The predicted molar refractivity (Wildman–Crippen MR) is 73.5 cm³/mol. The molecule has 3 nitrogen and oxygen atoms in total. The van der Waals surface area contributed by atoms with E-state index in [1.54, 1.807) is 0 Å². The number of hydrogen-bond acceptors (Lipinski definition) is 3. The molecule has 1 saturated heterocycles. The van der Waals surface area contributed by atoms with Gasteiger partial charge in [0.25, 0.3) is 0 Å². The van der Waals surface area contributed by atoms with Crippen LogP contribution in [0, 0.1) is 0 Å². The molecular weight excluding hydrogens is 212 g/mol. The maximum Gasteiger partial charge on any atom is 0.0599 e. The molecular formula is C14H30N2O. The van der Waals surface area contributed by atoms with Gasteiger partial charge >= 0.3 is 0 Å². The van der Waals surface area contributed by atoms with Crippen molar-refractivity contribution < 1.29 is 4.74 Å². The van der Waals surface area contributed by atoms with Gasteiger partial charge < -0.3 is 15.0 Å². The van der Waals surface area contributed by atoms with Crippen LogP contribution in [0.2, 0.25) is 0 Å². The van der Waals surface area contributed by atoms with Gasteiger partial charge in [0.2, 0.25) is 0 Å². The molecule has 1 unspecified atom stereocenters. The molecule has 0 radical (unpaired) electrons. The van der Waals surface area contributed by atoms with Crippen molar-refractivity contribution in [2.45, 2.75) is 58.6 Å². The van der Waals surface area contributed by atoms with Gasteiger partial charge in [-0.1, -0.05) is 13.3 Å². The van der Waals surface area contributed by atoms with Gasteiger partial charge in [-0.2, -0.15) is 0 Å². The zero-order valence-electron chi connectivity index (χ0n) is 11.9. The van der Waals surface area contributed by atoms with E-state index in [4.69, 9.17) is 4.74 Å². The molecule has 0 bridgehead atoms. The minimum atomic E-state index is 0.517. The lowest BCUT2D eigenvalue weighted by Gasteiger charge is -2.32. The second-order valence-electron chi connectivity index (χ2n) is 5.14. The standard InChI is InChI=1S/C14H30N2O/c1-4-6-13(3)15-9-12-16-10-7-14(8-11-16)17-5-2/h13-15H,4-12H2,1-3H3. The van der Waals surface area contributed by atoms with E-state index < -0.39 is 0 Å². The summed E-state index contributed by atoms with van der Waals surface area (Å²) < 4.78 is 5.66. The summed E-state index contributed by atoms with van der Waals surface area (Å²) in [4.78, 5) is 2.56. The van der Waals surface area contributed by atoms with Crippen molar-refractivity contribution in [1.29, 1.82) is 0 Å². The Morgan fingerprint density at radius 3 is 2.59 bits per heavy atom. The van der Waals surface area contributed by atoms with E-state index in [-0.39, 0.29) is 0 Å². The van der Waals surface area contributed by atoms with Crippen LogP contribution in [0.1, 0.15) is 46.5 Å². The monoisotopic (exact) mass is 242 g/mol. The van der Waals surface area contributed by atoms with E-state index in [0.717, 1.165) is 13.2 Å². The summed E-state index contributed by atoms with van der Waals surface area (Å²) in [6, 6.07) is 0.668. The van der Waals surface area contributed by atoms with Crippen molar-refractivity contribution in [3.05, 3.63) is 0 Å². The third-order valence-corrected chi connectivity index (χ3v) is 3.58. The van der Waals surface area contributed by atoms with Crippen LogP contribution in [0.5, 0.6) is 0 Å². The Balaban J connectivity index is 2.02. The lowest BCUT2D eigenvalue weighted by atomic mass is 10.1. The fraction of sp³-hybridized carbons (Fsp3) is 1.00. The fourth-order valence-electron chi connectivity index (χ4n) is 2.54. The predicted octanol–water partition coefficient (Wildman–Crippen LogP) is 2.27. The molecule has 0 aliphatic carbocycles. The van der Waals surface area contributed by atoms with Crippen LogP contribution in [0.15, 0.2) is 0 Å². The van der Waals surface area contributed by atoms with Gasteiger partial charge in [0.15, 0.2) is 0 Å². The molecule has 1 aliphatic rings. The molecule has 0 amide bonds. The topological polar surface area (TPSA) is 24.5 Å². The molecule has 1 rings (SSSR count). The summed E-state index contributed by atoms with van der Waals surface area (Å²) in [6.45, 7) is 12.2. The van der Waals surface area contributed by atoms with Crippen molar-refractivity contribution in [2.75, 3.05) is 32.8 Å². The van der Waals surface area contributed by atoms with Crippen LogP contribution in [0.3, 0.4) is 0 Å². The lowest BCUT2D eigenvalue weighted by Crippen LogP contribution is -2.41. The van der Waals surface area contributed by atoms with Gasteiger partial charge in [-0.25, -0.2) is 0 Å². The van der Waals surface area contributed by atoms with Crippen molar-refractivity contribution in [3.63, 3.8) is 0 Å². The van der Waals surface area contributed by atoms with Crippen LogP contribution in [0.4, 0.5) is 0 Å². The molecule has 1 N–H and O–H groups in total. The fourth-order valence-corrected chi connectivity index (χ4v) is 2.54. The van der Waals surface area contributed by atoms with E-state index in [0.29, 0.717) is 12.1 Å². The van der Waals surface area contributed by atoms with Gasteiger partial charge in [-0.15, -0.1) is 0 Å². The van der Waals surface area contributed by atoms with Gasteiger partial charge in [0, 0.05) is 38.8 Å². The van der Waals surface area contributed by atoms with Gasteiger partial charge in [0.1, 0.15) is 0 Å². The second-order valence-corrected chi connectivity index (χ2v) is 5.14. The molecule has 0 saturated carbocycles. The first-order valence-corrected chi connectivity index (χ1v) is 7.33. The minimum Gasteiger partial charge on any atom is -0.378 e. The first kappa shape index (κ1) is 14.9. The average Bonchev–Trinajstić information content (AvgIpc) is 2.32. The molecule has 0 aromatic rings. The maximum atomic E-state index is 5.66. The average molecular weight is 242 g/mol. The Morgan fingerprint density at radius 1 is 1.29 bits per heavy atom. The molecule has 1 atom stereocenters. The SMILES string of the molecule is CCCC(C)NCCN1CCC(OCC)CC1. The number of hydrogen-bond donors (Lipinski definition) is 1. The minimum absolute atomic E-state index is 0.517. The summed E-state index contributed by atoms with van der Waals surface area (Å²) in [7, 11) is 0. The Morgan fingerprint density at radius 2 is 2.00 bits per heavy atom. The number of rotatable bonds is 8. The van der Waals surface area contributed by atoms with Crippen molar-refractivity contribution in [1.82, 2.24) is 10.2 Å². The first-order valence-electron chi connectivity index (χ1n) is 7.33. The summed E-state index contributed by atoms with van der Waals surface area (Å²) in [5.41, 5.74) is 0. The van der Waals surface area contributed by atoms with E-state index >= 15 is 0 Å². The van der Waals surface area contributed by atoms with Crippen molar-refractivity contribution in [2.24, 2.45) is 0 Å². The van der Waals surface area contributed by atoms with Crippen LogP contribution < -0.4 is 5.32 Å². The summed E-state index contributed by atoms with van der Waals surface area (Å²) in [5.74, 6) is 0. The summed E-state index contributed by atoms with van der Waals surface area (Å²) >= 11 is 0.